The van der Waals surface area contributed by atoms with E-state index in [9.17, 15) is 18.0 Å². The average Bonchev–Trinajstić information content (AvgIpc) is 2.43. The quantitative estimate of drug-likeness (QED) is 0.592. The zero-order chi connectivity index (χ0) is 15.7. The molecule has 0 unspecified atom stereocenters. The third-order valence-electron chi connectivity index (χ3n) is 2.33. The number of nitrogens with one attached hydrogen (secondary N) is 2. The lowest BCUT2D eigenvalue weighted by molar-refractivity contribution is -0.153. The van der Waals surface area contributed by atoms with Crippen LogP contribution in [0.15, 0.2) is 24.3 Å². The Morgan fingerprint density at radius 2 is 1.95 bits per heavy atom. The lowest BCUT2D eigenvalue weighted by atomic mass is 10.2. The van der Waals surface area contributed by atoms with E-state index in [0.29, 0.717) is 6.54 Å². The monoisotopic (exact) mass is 300 g/mol. The van der Waals surface area contributed by atoms with E-state index < -0.39 is 12.8 Å². The molecule has 0 aliphatic rings. The maximum atomic E-state index is 12.0. The number of ether oxygens (including phenoxy) is 1. The van der Waals surface area contributed by atoms with E-state index in [0.717, 1.165) is 5.56 Å². The summed E-state index contributed by atoms with van der Waals surface area (Å²) in [6.45, 7) is -0.643. The second-order valence-electron chi connectivity index (χ2n) is 4.13. The van der Waals surface area contributed by atoms with E-state index in [-0.39, 0.29) is 24.7 Å². The van der Waals surface area contributed by atoms with Crippen LogP contribution in [0.25, 0.3) is 0 Å². The van der Waals surface area contributed by atoms with Crippen LogP contribution in [0, 0.1) is 12.3 Å². The van der Waals surface area contributed by atoms with Crippen molar-refractivity contribution in [1.82, 2.24) is 10.6 Å². The molecule has 7 heteroatoms. The molecule has 4 nitrogen and oxygen atoms in total. The van der Waals surface area contributed by atoms with Gasteiger partial charge in [-0.3, -0.25) is 10.1 Å². The molecule has 114 valence electrons. The molecule has 21 heavy (non-hydrogen) atoms. The van der Waals surface area contributed by atoms with Gasteiger partial charge in [0.25, 0.3) is 0 Å². The molecule has 0 aliphatic carbocycles. The molecule has 0 fully saturated rings. The van der Waals surface area contributed by atoms with Crippen LogP contribution in [0.5, 0.6) is 5.75 Å². The van der Waals surface area contributed by atoms with E-state index in [1.165, 1.54) is 12.1 Å². The summed E-state index contributed by atoms with van der Waals surface area (Å²) in [7, 11) is 0. The van der Waals surface area contributed by atoms with Crippen LogP contribution < -0.4 is 15.4 Å². The minimum absolute atomic E-state index is 0.108. The predicted octanol–water partition coefficient (Wildman–Crippen LogP) is 1.47. The van der Waals surface area contributed by atoms with Crippen molar-refractivity contribution in [2.75, 3.05) is 19.7 Å². The number of benzene rings is 1. The van der Waals surface area contributed by atoms with Crippen molar-refractivity contribution < 1.29 is 22.7 Å². The van der Waals surface area contributed by atoms with E-state index in [1.807, 2.05) is 0 Å². The lowest BCUT2D eigenvalue weighted by Crippen LogP contribution is -2.33. The Kier molecular flexibility index (Phi) is 6.56. The molecule has 0 saturated heterocycles. The summed E-state index contributed by atoms with van der Waals surface area (Å²) in [4.78, 5) is 11.4. The minimum Gasteiger partial charge on any atom is -0.484 e. The fourth-order valence-electron chi connectivity index (χ4n) is 1.38. The standard InChI is InChI=1S/C14H15F3N2O2/c1-2-7-18-9-13(20)19-8-11-3-5-12(6-4-11)21-10-14(15,16)17/h1,3-6,18H,7-10H2,(H,19,20). The van der Waals surface area contributed by atoms with Gasteiger partial charge < -0.3 is 10.1 Å². The molecule has 0 bridgehead atoms. The Balaban J connectivity index is 2.34. The van der Waals surface area contributed by atoms with Crippen LogP contribution in [0.4, 0.5) is 13.2 Å². The summed E-state index contributed by atoms with van der Waals surface area (Å²) in [6.07, 6.45) is 0.656. The molecular weight excluding hydrogens is 285 g/mol. The minimum atomic E-state index is -4.36. The number of hydrogen-bond donors (Lipinski definition) is 2. The highest BCUT2D eigenvalue weighted by Crippen LogP contribution is 2.18. The molecule has 0 atom stereocenters. The Morgan fingerprint density at radius 3 is 2.52 bits per heavy atom. The van der Waals surface area contributed by atoms with Crippen LogP contribution in [0.3, 0.4) is 0 Å². The second-order valence-corrected chi connectivity index (χ2v) is 4.13. The van der Waals surface area contributed by atoms with Gasteiger partial charge in [-0.2, -0.15) is 13.2 Å². The number of alkyl halides is 3. The summed E-state index contributed by atoms with van der Waals surface area (Å²) in [5, 5.41) is 5.38. The first-order valence-corrected chi connectivity index (χ1v) is 6.10. The summed E-state index contributed by atoms with van der Waals surface area (Å²) in [6, 6.07) is 6.01. The second kappa shape index (κ2) is 8.17. The zero-order valence-corrected chi connectivity index (χ0v) is 11.2. The fraction of sp³-hybridized carbons (Fsp3) is 0.357. The first-order valence-electron chi connectivity index (χ1n) is 6.10. The molecule has 0 aromatic heterocycles. The number of hydrogen-bond acceptors (Lipinski definition) is 3. The Labute approximate surface area is 120 Å². The molecule has 1 rings (SSSR count). The number of carbonyl (C=O) groups is 1. The Bertz CT molecular complexity index is 492. The summed E-state index contributed by atoms with van der Waals surface area (Å²) in [5.41, 5.74) is 0.750. The van der Waals surface area contributed by atoms with Crippen molar-refractivity contribution in [3.05, 3.63) is 29.8 Å². The molecule has 1 aromatic rings. The van der Waals surface area contributed by atoms with E-state index in [1.54, 1.807) is 12.1 Å². The first kappa shape index (κ1) is 16.9. The molecule has 1 aromatic carbocycles. The van der Waals surface area contributed by atoms with Gasteiger partial charge in [0.15, 0.2) is 6.61 Å². The van der Waals surface area contributed by atoms with Crippen LogP contribution in [-0.2, 0) is 11.3 Å². The van der Waals surface area contributed by atoms with E-state index in [2.05, 4.69) is 21.3 Å². The van der Waals surface area contributed by atoms with Crippen LogP contribution >= 0.6 is 0 Å². The third kappa shape index (κ3) is 7.84. The zero-order valence-electron chi connectivity index (χ0n) is 11.2. The molecule has 0 spiro atoms. The van der Waals surface area contributed by atoms with Gasteiger partial charge in [0.2, 0.25) is 5.91 Å². The smallest absolute Gasteiger partial charge is 0.422 e. The molecule has 0 aliphatic heterocycles. The largest absolute Gasteiger partial charge is 0.484 e. The molecule has 1 amide bonds. The SMILES string of the molecule is C#CCNCC(=O)NCc1ccc(OCC(F)(F)F)cc1. The van der Waals surface area contributed by atoms with Crippen molar-refractivity contribution in [3.63, 3.8) is 0 Å². The number of terminal acetylenes is 1. The van der Waals surface area contributed by atoms with Gasteiger partial charge in [0, 0.05) is 6.54 Å². The van der Waals surface area contributed by atoms with Crippen molar-refractivity contribution in [2.45, 2.75) is 12.7 Å². The lowest BCUT2D eigenvalue weighted by Gasteiger charge is -2.10. The number of halogens is 3. The van der Waals surface area contributed by atoms with Crippen LogP contribution in [-0.4, -0.2) is 31.8 Å². The molecule has 0 heterocycles. The summed E-state index contributed by atoms with van der Waals surface area (Å²) < 4.78 is 40.5. The number of carbonyl (C=O) groups excluding carboxylic acids is 1. The first-order chi connectivity index (χ1) is 9.90. The van der Waals surface area contributed by atoms with Gasteiger partial charge in [-0.05, 0) is 17.7 Å². The van der Waals surface area contributed by atoms with Gasteiger partial charge in [-0.15, -0.1) is 6.42 Å². The highest BCUT2D eigenvalue weighted by atomic mass is 19.4. The predicted molar refractivity (Wildman–Crippen MR) is 71.5 cm³/mol. The van der Waals surface area contributed by atoms with Crippen LogP contribution in [0.1, 0.15) is 5.56 Å². The van der Waals surface area contributed by atoms with Crippen molar-refractivity contribution >= 4 is 5.91 Å². The van der Waals surface area contributed by atoms with Crippen molar-refractivity contribution in [2.24, 2.45) is 0 Å². The number of amides is 1. The molecule has 0 radical (unpaired) electrons. The Morgan fingerprint density at radius 1 is 1.29 bits per heavy atom. The highest BCUT2D eigenvalue weighted by Gasteiger charge is 2.28. The highest BCUT2D eigenvalue weighted by molar-refractivity contribution is 5.77. The van der Waals surface area contributed by atoms with E-state index >= 15 is 0 Å². The van der Waals surface area contributed by atoms with Gasteiger partial charge in [0.1, 0.15) is 5.75 Å². The fourth-order valence-corrected chi connectivity index (χ4v) is 1.38. The third-order valence-corrected chi connectivity index (χ3v) is 2.33. The summed E-state index contributed by atoms with van der Waals surface area (Å²) >= 11 is 0. The maximum absolute atomic E-state index is 12.0. The topological polar surface area (TPSA) is 50.4 Å². The average molecular weight is 300 g/mol. The van der Waals surface area contributed by atoms with Gasteiger partial charge in [0.05, 0.1) is 13.1 Å². The van der Waals surface area contributed by atoms with Gasteiger partial charge in [-0.25, -0.2) is 0 Å². The van der Waals surface area contributed by atoms with E-state index in [4.69, 9.17) is 6.42 Å². The summed E-state index contributed by atoms with van der Waals surface area (Å²) in [5.74, 6) is 2.24. The number of rotatable bonds is 7. The maximum Gasteiger partial charge on any atom is 0.422 e. The van der Waals surface area contributed by atoms with Crippen molar-refractivity contribution in [1.29, 1.82) is 0 Å². The Hall–Kier alpha value is -2.20. The van der Waals surface area contributed by atoms with Crippen LogP contribution in [0.2, 0.25) is 0 Å². The normalized spacial score (nSPS) is 10.8. The van der Waals surface area contributed by atoms with Crippen molar-refractivity contribution in [3.8, 4) is 18.1 Å². The molecule has 0 saturated carbocycles. The van der Waals surface area contributed by atoms with Gasteiger partial charge in [-0.1, -0.05) is 18.1 Å². The molecular formula is C14H15F3N2O2. The molecule has 2 N–H and O–H groups in total. The van der Waals surface area contributed by atoms with Gasteiger partial charge >= 0.3 is 6.18 Å².